The van der Waals surface area contributed by atoms with E-state index in [1.807, 2.05) is 12.1 Å². The first-order valence-electron chi connectivity index (χ1n) is 7.35. The fourth-order valence-electron chi connectivity index (χ4n) is 2.47. The SMILES string of the molecule is CCS(=O)(=O)c1cc(-c2ccc(C3CC3)cc2)cnc1NN. The lowest BCUT2D eigenvalue weighted by molar-refractivity contribution is 0.597. The first kappa shape index (κ1) is 15.0. The number of anilines is 1. The highest BCUT2D eigenvalue weighted by atomic mass is 32.2. The van der Waals surface area contributed by atoms with Crippen molar-refractivity contribution in [2.45, 2.75) is 30.6 Å². The number of aromatic nitrogens is 1. The van der Waals surface area contributed by atoms with Gasteiger partial charge in [0, 0.05) is 11.8 Å². The smallest absolute Gasteiger partial charge is 0.181 e. The average Bonchev–Trinajstić information content (AvgIpc) is 3.39. The van der Waals surface area contributed by atoms with Gasteiger partial charge < -0.3 is 5.43 Å². The largest absolute Gasteiger partial charge is 0.307 e. The third-order valence-electron chi connectivity index (χ3n) is 4.00. The van der Waals surface area contributed by atoms with Crippen molar-refractivity contribution >= 4 is 15.7 Å². The number of sulfone groups is 1. The van der Waals surface area contributed by atoms with Gasteiger partial charge in [-0.25, -0.2) is 19.2 Å². The Morgan fingerprint density at radius 1 is 1.23 bits per heavy atom. The first-order valence-corrected chi connectivity index (χ1v) is 9.00. The number of nitrogen functional groups attached to an aromatic ring is 1. The van der Waals surface area contributed by atoms with E-state index in [1.165, 1.54) is 18.4 Å². The summed E-state index contributed by atoms with van der Waals surface area (Å²) in [6.07, 6.45) is 4.16. The minimum Gasteiger partial charge on any atom is -0.307 e. The molecule has 1 saturated carbocycles. The van der Waals surface area contributed by atoms with Gasteiger partial charge in [-0.2, -0.15) is 0 Å². The van der Waals surface area contributed by atoms with Crippen LogP contribution in [0.4, 0.5) is 5.82 Å². The summed E-state index contributed by atoms with van der Waals surface area (Å²) in [6, 6.07) is 9.88. The van der Waals surface area contributed by atoms with Gasteiger partial charge in [0.1, 0.15) is 4.90 Å². The van der Waals surface area contributed by atoms with Crippen molar-refractivity contribution in [3.05, 3.63) is 42.1 Å². The molecule has 1 fully saturated rings. The Kier molecular flexibility index (Phi) is 3.88. The minimum absolute atomic E-state index is 0.00737. The molecule has 1 aromatic carbocycles. The lowest BCUT2D eigenvalue weighted by Crippen LogP contribution is -2.15. The van der Waals surface area contributed by atoms with Crippen LogP contribution in [0.1, 0.15) is 31.2 Å². The van der Waals surface area contributed by atoms with Crippen LogP contribution in [0.2, 0.25) is 0 Å². The molecular formula is C16H19N3O2S. The number of rotatable bonds is 5. The van der Waals surface area contributed by atoms with Crippen LogP contribution in [0.25, 0.3) is 11.1 Å². The van der Waals surface area contributed by atoms with Crippen molar-refractivity contribution < 1.29 is 8.42 Å². The third-order valence-corrected chi connectivity index (χ3v) is 5.74. The summed E-state index contributed by atoms with van der Waals surface area (Å²) >= 11 is 0. The standard InChI is InChI=1S/C16H19N3O2S/c1-2-22(20,21)15-9-14(10-18-16(15)19-17)13-7-5-12(6-8-13)11-3-4-11/h5-11H,2-4,17H2,1H3,(H,18,19). The van der Waals surface area contributed by atoms with E-state index in [1.54, 1.807) is 19.2 Å². The highest BCUT2D eigenvalue weighted by molar-refractivity contribution is 7.91. The third kappa shape index (κ3) is 2.84. The number of nitrogens with zero attached hydrogens (tertiary/aromatic N) is 1. The first-order chi connectivity index (χ1) is 10.5. The van der Waals surface area contributed by atoms with Gasteiger partial charge in [0.25, 0.3) is 0 Å². The fraction of sp³-hybridized carbons (Fsp3) is 0.312. The molecular weight excluding hydrogens is 298 g/mol. The number of nitrogens with two attached hydrogens (primary N) is 1. The van der Waals surface area contributed by atoms with Gasteiger partial charge in [-0.3, -0.25) is 0 Å². The van der Waals surface area contributed by atoms with E-state index in [2.05, 4.69) is 22.5 Å². The molecule has 0 atom stereocenters. The second-order valence-corrected chi connectivity index (χ2v) is 7.76. The molecule has 0 radical (unpaired) electrons. The van der Waals surface area contributed by atoms with Gasteiger partial charge >= 0.3 is 0 Å². The number of hydrazine groups is 1. The quantitative estimate of drug-likeness (QED) is 0.654. The molecule has 6 heteroatoms. The normalized spacial score (nSPS) is 14.8. The monoisotopic (exact) mass is 317 g/mol. The molecule has 0 aliphatic heterocycles. The van der Waals surface area contributed by atoms with Crippen LogP contribution in [0, 0.1) is 0 Å². The molecule has 3 N–H and O–H groups in total. The lowest BCUT2D eigenvalue weighted by atomic mass is 10.0. The summed E-state index contributed by atoms with van der Waals surface area (Å²) < 4.78 is 24.4. The molecule has 0 bridgehead atoms. The second-order valence-electron chi connectivity index (χ2n) is 5.51. The van der Waals surface area contributed by atoms with E-state index >= 15 is 0 Å². The van der Waals surface area contributed by atoms with Crippen LogP contribution >= 0.6 is 0 Å². The summed E-state index contributed by atoms with van der Waals surface area (Å²) in [7, 11) is -3.39. The van der Waals surface area contributed by atoms with Gasteiger partial charge in [0.15, 0.2) is 15.7 Å². The molecule has 0 unspecified atom stereocenters. The van der Waals surface area contributed by atoms with Crippen molar-refractivity contribution in [2.24, 2.45) is 5.84 Å². The Hall–Kier alpha value is -1.92. The van der Waals surface area contributed by atoms with E-state index in [-0.39, 0.29) is 16.5 Å². The van der Waals surface area contributed by atoms with Gasteiger partial charge in [-0.1, -0.05) is 31.2 Å². The van der Waals surface area contributed by atoms with Crippen LogP contribution < -0.4 is 11.3 Å². The Labute approximate surface area is 130 Å². The molecule has 1 aliphatic carbocycles. The molecule has 1 aliphatic rings. The summed E-state index contributed by atoms with van der Waals surface area (Å²) in [5, 5.41) is 0. The van der Waals surface area contributed by atoms with Crippen LogP contribution in [0.15, 0.2) is 41.4 Å². The van der Waals surface area contributed by atoms with E-state index in [9.17, 15) is 8.42 Å². The molecule has 0 spiro atoms. The van der Waals surface area contributed by atoms with Gasteiger partial charge in [0.2, 0.25) is 0 Å². The number of pyridine rings is 1. The molecule has 1 aromatic heterocycles. The predicted octanol–water partition coefficient (Wildman–Crippen LogP) is 2.71. The number of hydrogen-bond donors (Lipinski definition) is 2. The summed E-state index contributed by atoms with van der Waals surface area (Å²) in [4.78, 5) is 4.28. The van der Waals surface area contributed by atoms with E-state index < -0.39 is 9.84 Å². The van der Waals surface area contributed by atoms with Crippen molar-refractivity contribution in [1.29, 1.82) is 0 Å². The summed E-state index contributed by atoms with van der Waals surface area (Å²) in [6.45, 7) is 1.60. The van der Waals surface area contributed by atoms with Crippen molar-refractivity contribution in [3.63, 3.8) is 0 Å². The minimum atomic E-state index is -3.39. The van der Waals surface area contributed by atoms with Gasteiger partial charge in [0.05, 0.1) is 5.75 Å². The average molecular weight is 317 g/mol. The maximum Gasteiger partial charge on any atom is 0.181 e. The lowest BCUT2D eigenvalue weighted by Gasteiger charge is -2.10. The maximum absolute atomic E-state index is 12.2. The highest BCUT2D eigenvalue weighted by Gasteiger charge is 2.23. The number of nitrogens with one attached hydrogen (secondary N) is 1. The highest BCUT2D eigenvalue weighted by Crippen LogP contribution is 2.40. The summed E-state index contributed by atoms with van der Waals surface area (Å²) in [5.41, 5.74) is 5.43. The Balaban J connectivity index is 2.02. The van der Waals surface area contributed by atoms with E-state index in [0.717, 1.165) is 11.1 Å². The Morgan fingerprint density at radius 2 is 1.91 bits per heavy atom. The number of hydrogen-bond acceptors (Lipinski definition) is 5. The van der Waals surface area contributed by atoms with Gasteiger partial charge in [-0.15, -0.1) is 0 Å². The van der Waals surface area contributed by atoms with Crippen molar-refractivity contribution in [1.82, 2.24) is 4.98 Å². The topological polar surface area (TPSA) is 85.1 Å². The van der Waals surface area contributed by atoms with Crippen molar-refractivity contribution in [3.8, 4) is 11.1 Å². The molecule has 3 rings (SSSR count). The molecule has 116 valence electrons. The van der Waals surface area contributed by atoms with Crippen LogP contribution in [-0.2, 0) is 9.84 Å². The van der Waals surface area contributed by atoms with Crippen molar-refractivity contribution in [2.75, 3.05) is 11.2 Å². The number of benzene rings is 1. The maximum atomic E-state index is 12.2. The zero-order valence-corrected chi connectivity index (χ0v) is 13.2. The fourth-order valence-corrected chi connectivity index (χ4v) is 3.49. The molecule has 0 saturated heterocycles. The van der Waals surface area contributed by atoms with Crippen LogP contribution in [0.5, 0.6) is 0 Å². The molecule has 0 amide bonds. The molecule has 1 heterocycles. The molecule has 22 heavy (non-hydrogen) atoms. The zero-order chi connectivity index (χ0) is 15.7. The molecule has 5 nitrogen and oxygen atoms in total. The summed E-state index contributed by atoms with van der Waals surface area (Å²) in [5.74, 6) is 6.26. The van der Waals surface area contributed by atoms with Gasteiger partial charge in [-0.05, 0) is 36.0 Å². The van der Waals surface area contributed by atoms with E-state index in [4.69, 9.17) is 5.84 Å². The van der Waals surface area contributed by atoms with Crippen LogP contribution in [-0.4, -0.2) is 19.2 Å². The Morgan fingerprint density at radius 3 is 2.45 bits per heavy atom. The zero-order valence-electron chi connectivity index (χ0n) is 12.4. The second kappa shape index (κ2) is 5.70. The Bertz CT molecular complexity index is 782. The van der Waals surface area contributed by atoms with Crippen LogP contribution in [0.3, 0.4) is 0 Å². The predicted molar refractivity (Wildman–Crippen MR) is 87.2 cm³/mol. The van der Waals surface area contributed by atoms with E-state index in [0.29, 0.717) is 5.92 Å². The molecule has 2 aromatic rings.